The number of nitrogens with zero attached hydrogens (tertiary/aromatic N) is 2. The normalized spacial score (nSPS) is 10.8. The molecule has 3 heteroatoms. The van der Waals surface area contributed by atoms with Gasteiger partial charge in [-0.2, -0.15) is 5.26 Å². The SMILES string of the molecule is CC(C)OCCN(C)c1ccc(C#N)c2ccccc12. The maximum Gasteiger partial charge on any atom is 0.0998 e. The maximum atomic E-state index is 9.18. The Kier molecular flexibility index (Phi) is 4.60. The summed E-state index contributed by atoms with van der Waals surface area (Å²) in [6.45, 7) is 5.60. The van der Waals surface area contributed by atoms with E-state index in [-0.39, 0.29) is 6.10 Å². The van der Waals surface area contributed by atoms with Crippen molar-refractivity contribution >= 4 is 16.5 Å². The molecule has 0 saturated heterocycles. The second-order valence-electron chi connectivity index (χ2n) is 5.13. The van der Waals surface area contributed by atoms with Gasteiger partial charge in [0, 0.05) is 30.1 Å². The van der Waals surface area contributed by atoms with Gasteiger partial charge in [-0.3, -0.25) is 0 Å². The van der Waals surface area contributed by atoms with Crippen LogP contribution in [0.4, 0.5) is 5.69 Å². The molecular weight excluding hydrogens is 248 g/mol. The molecule has 2 rings (SSSR count). The Balaban J connectivity index is 2.29. The van der Waals surface area contributed by atoms with Gasteiger partial charge in [0.1, 0.15) is 0 Å². The van der Waals surface area contributed by atoms with Crippen molar-refractivity contribution in [2.24, 2.45) is 0 Å². The highest BCUT2D eigenvalue weighted by Crippen LogP contribution is 2.28. The fourth-order valence-electron chi connectivity index (χ4n) is 2.26. The van der Waals surface area contributed by atoms with Crippen LogP contribution in [0.2, 0.25) is 0 Å². The van der Waals surface area contributed by atoms with Crippen LogP contribution in [0.25, 0.3) is 10.8 Å². The average molecular weight is 268 g/mol. The molecule has 0 aliphatic heterocycles. The van der Waals surface area contributed by atoms with Crippen molar-refractivity contribution < 1.29 is 4.74 Å². The van der Waals surface area contributed by atoms with Crippen LogP contribution < -0.4 is 4.90 Å². The molecule has 2 aromatic carbocycles. The smallest absolute Gasteiger partial charge is 0.0998 e. The Bertz CT molecular complexity index is 628. The highest BCUT2D eigenvalue weighted by atomic mass is 16.5. The Hall–Kier alpha value is -2.05. The van der Waals surface area contributed by atoms with E-state index in [4.69, 9.17) is 4.74 Å². The molecule has 0 heterocycles. The topological polar surface area (TPSA) is 36.3 Å². The molecule has 0 spiro atoms. The summed E-state index contributed by atoms with van der Waals surface area (Å²) in [5.41, 5.74) is 1.85. The summed E-state index contributed by atoms with van der Waals surface area (Å²) in [6, 6.07) is 14.2. The molecule has 0 fully saturated rings. The van der Waals surface area contributed by atoms with Crippen molar-refractivity contribution in [3.05, 3.63) is 42.0 Å². The zero-order chi connectivity index (χ0) is 14.5. The fraction of sp³-hybridized carbons (Fsp3) is 0.353. The van der Waals surface area contributed by atoms with Gasteiger partial charge in [0.25, 0.3) is 0 Å². The van der Waals surface area contributed by atoms with E-state index in [1.165, 1.54) is 0 Å². The van der Waals surface area contributed by atoms with Crippen molar-refractivity contribution in [1.82, 2.24) is 0 Å². The van der Waals surface area contributed by atoms with Crippen LogP contribution >= 0.6 is 0 Å². The van der Waals surface area contributed by atoms with Gasteiger partial charge in [-0.25, -0.2) is 0 Å². The molecule has 0 saturated carbocycles. The number of hydrogen-bond acceptors (Lipinski definition) is 3. The molecule has 0 atom stereocenters. The Labute approximate surface area is 120 Å². The van der Waals surface area contributed by atoms with Gasteiger partial charge in [0.2, 0.25) is 0 Å². The largest absolute Gasteiger partial charge is 0.377 e. The fourth-order valence-corrected chi connectivity index (χ4v) is 2.26. The number of hydrogen-bond donors (Lipinski definition) is 0. The predicted octanol–water partition coefficient (Wildman–Crippen LogP) is 3.57. The minimum atomic E-state index is 0.251. The molecule has 0 N–H and O–H groups in total. The lowest BCUT2D eigenvalue weighted by molar-refractivity contribution is 0.0846. The summed E-state index contributed by atoms with van der Waals surface area (Å²) in [5, 5.41) is 11.3. The molecule has 0 unspecified atom stereocenters. The molecule has 3 nitrogen and oxygen atoms in total. The minimum Gasteiger partial charge on any atom is -0.377 e. The van der Waals surface area contributed by atoms with Gasteiger partial charge in [0.05, 0.1) is 24.3 Å². The summed E-state index contributed by atoms with van der Waals surface area (Å²) in [5.74, 6) is 0. The van der Waals surface area contributed by atoms with Crippen LogP contribution in [0.5, 0.6) is 0 Å². The van der Waals surface area contributed by atoms with E-state index in [2.05, 4.69) is 24.1 Å². The number of benzene rings is 2. The minimum absolute atomic E-state index is 0.251. The lowest BCUT2D eigenvalue weighted by Gasteiger charge is -2.22. The highest BCUT2D eigenvalue weighted by Gasteiger charge is 2.09. The van der Waals surface area contributed by atoms with Crippen molar-refractivity contribution in [3.8, 4) is 6.07 Å². The van der Waals surface area contributed by atoms with Gasteiger partial charge < -0.3 is 9.64 Å². The van der Waals surface area contributed by atoms with E-state index in [1.807, 2.05) is 44.2 Å². The van der Waals surface area contributed by atoms with E-state index in [0.717, 1.165) is 28.6 Å². The van der Waals surface area contributed by atoms with Crippen LogP contribution in [0.1, 0.15) is 19.4 Å². The third kappa shape index (κ3) is 3.09. The van der Waals surface area contributed by atoms with Gasteiger partial charge in [-0.1, -0.05) is 24.3 Å². The van der Waals surface area contributed by atoms with Gasteiger partial charge >= 0.3 is 0 Å². The van der Waals surface area contributed by atoms with E-state index < -0.39 is 0 Å². The molecule has 0 amide bonds. The standard InChI is InChI=1S/C17H20N2O/c1-13(2)20-11-10-19(3)17-9-8-14(12-18)15-6-4-5-7-16(15)17/h4-9,13H,10-11H2,1-3H3. The Morgan fingerprint density at radius 3 is 2.50 bits per heavy atom. The van der Waals surface area contributed by atoms with Crippen molar-refractivity contribution in [2.45, 2.75) is 20.0 Å². The second kappa shape index (κ2) is 6.40. The molecule has 0 radical (unpaired) electrons. The lowest BCUT2D eigenvalue weighted by atomic mass is 10.0. The molecule has 20 heavy (non-hydrogen) atoms. The van der Waals surface area contributed by atoms with E-state index in [9.17, 15) is 5.26 Å². The van der Waals surface area contributed by atoms with E-state index in [0.29, 0.717) is 6.61 Å². The summed E-state index contributed by atoms with van der Waals surface area (Å²) >= 11 is 0. The molecule has 2 aromatic rings. The number of anilines is 1. The van der Waals surface area contributed by atoms with Gasteiger partial charge in [0.15, 0.2) is 0 Å². The monoisotopic (exact) mass is 268 g/mol. The average Bonchev–Trinajstić information content (AvgIpc) is 2.45. The number of ether oxygens (including phenoxy) is 1. The van der Waals surface area contributed by atoms with E-state index in [1.54, 1.807) is 0 Å². The van der Waals surface area contributed by atoms with Crippen LogP contribution in [0, 0.1) is 11.3 Å². The highest BCUT2D eigenvalue weighted by molar-refractivity contribution is 5.97. The number of rotatable bonds is 5. The summed E-state index contributed by atoms with van der Waals surface area (Å²) in [6.07, 6.45) is 0.251. The first-order valence-electron chi connectivity index (χ1n) is 6.88. The zero-order valence-corrected chi connectivity index (χ0v) is 12.3. The second-order valence-corrected chi connectivity index (χ2v) is 5.13. The summed E-state index contributed by atoms with van der Waals surface area (Å²) < 4.78 is 5.60. The molecule has 104 valence electrons. The maximum absolute atomic E-state index is 9.18. The van der Waals surface area contributed by atoms with Crippen LogP contribution in [0.15, 0.2) is 36.4 Å². The molecule has 0 bridgehead atoms. The molecule has 0 aromatic heterocycles. The summed E-state index contributed by atoms with van der Waals surface area (Å²) in [4.78, 5) is 2.17. The Morgan fingerprint density at radius 2 is 1.85 bits per heavy atom. The lowest BCUT2D eigenvalue weighted by Crippen LogP contribution is -2.24. The third-order valence-corrected chi connectivity index (χ3v) is 3.31. The molecular formula is C17H20N2O. The number of nitriles is 1. The Morgan fingerprint density at radius 1 is 1.15 bits per heavy atom. The first-order valence-corrected chi connectivity index (χ1v) is 6.88. The number of fused-ring (bicyclic) bond motifs is 1. The first kappa shape index (κ1) is 14.4. The van der Waals surface area contributed by atoms with E-state index >= 15 is 0 Å². The van der Waals surface area contributed by atoms with Gasteiger partial charge in [-0.05, 0) is 26.0 Å². The first-order chi connectivity index (χ1) is 9.63. The van der Waals surface area contributed by atoms with Crippen LogP contribution in [-0.2, 0) is 4.74 Å². The molecule has 0 aliphatic carbocycles. The van der Waals surface area contributed by atoms with Crippen molar-refractivity contribution in [3.63, 3.8) is 0 Å². The predicted molar refractivity (Wildman–Crippen MR) is 83.0 cm³/mol. The molecule has 0 aliphatic rings. The number of likely N-dealkylation sites (N-methyl/N-ethyl adjacent to an activating group) is 1. The summed E-state index contributed by atoms with van der Waals surface area (Å²) in [7, 11) is 2.05. The van der Waals surface area contributed by atoms with Crippen LogP contribution in [0.3, 0.4) is 0 Å². The van der Waals surface area contributed by atoms with Crippen molar-refractivity contribution in [1.29, 1.82) is 5.26 Å². The van der Waals surface area contributed by atoms with Gasteiger partial charge in [-0.15, -0.1) is 0 Å². The zero-order valence-electron chi connectivity index (χ0n) is 12.3. The third-order valence-electron chi connectivity index (χ3n) is 3.31. The van der Waals surface area contributed by atoms with Crippen molar-refractivity contribution in [2.75, 3.05) is 25.1 Å². The van der Waals surface area contributed by atoms with Crippen LogP contribution in [-0.4, -0.2) is 26.3 Å². The quantitative estimate of drug-likeness (QED) is 0.831.